The second kappa shape index (κ2) is 6.20. The van der Waals surface area contributed by atoms with Gasteiger partial charge in [-0.3, -0.25) is 0 Å². The smallest absolute Gasteiger partial charge is 0.369 e. The summed E-state index contributed by atoms with van der Waals surface area (Å²) in [6.45, 7) is 8.59. The summed E-state index contributed by atoms with van der Waals surface area (Å²) in [7, 11) is 0. The average Bonchev–Trinajstić information content (AvgIpc) is 2.66. The van der Waals surface area contributed by atoms with Crippen molar-refractivity contribution < 1.29 is 9.53 Å². The third-order valence-corrected chi connectivity index (χ3v) is 4.52. The van der Waals surface area contributed by atoms with Gasteiger partial charge in [0.05, 0.1) is 6.61 Å². The Hall–Kier alpha value is -0.620. The van der Waals surface area contributed by atoms with Gasteiger partial charge in [0, 0.05) is 5.25 Å². The number of carbonyl (C=O) groups excluding carboxylic acids is 1. The number of ether oxygens (including phenoxy) is 1. The minimum Gasteiger partial charge on any atom is -0.461 e. The zero-order valence-corrected chi connectivity index (χ0v) is 11.5. The van der Waals surface area contributed by atoms with E-state index in [-0.39, 0.29) is 5.97 Å². The molecule has 0 aliphatic rings. The largest absolute Gasteiger partial charge is 0.461 e. The summed E-state index contributed by atoms with van der Waals surface area (Å²) in [5, 5.41) is 8.59. The predicted octanol–water partition coefficient (Wildman–Crippen LogP) is 2.85. The van der Waals surface area contributed by atoms with Crippen LogP contribution in [-0.4, -0.2) is 28.0 Å². The number of nitrogens with zero attached hydrogens (tertiary/aromatic N) is 2. The van der Waals surface area contributed by atoms with Crippen LogP contribution in [-0.2, 0) is 4.74 Å². The van der Waals surface area contributed by atoms with Gasteiger partial charge in [-0.1, -0.05) is 43.9 Å². The first kappa shape index (κ1) is 13.4. The van der Waals surface area contributed by atoms with Crippen molar-refractivity contribution in [3.8, 4) is 0 Å². The zero-order valence-electron chi connectivity index (χ0n) is 9.89. The van der Waals surface area contributed by atoms with Crippen LogP contribution in [0.4, 0.5) is 0 Å². The Morgan fingerprint density at radius 1 is 1.44 bits per heavy atom. The van der Waals surface area contributed by atoms with E-state index in [9.17, 15) is 4.79 Å². The lowest BCUT2D eigenvalue weighted by atomic mass is 10.2. The lowest BCUT2D eigenvalue weighted by Crippen LogP contribution is -2.04. The van der Waals surface area contributed by atoms with Crippen LogP contribution in [0.5, 0.6) is 0 Å². The molecule has 6 heteroatoms. The van der Waals surface area contributed by atoms with Gasteiger partial charge >= 0.3 is 5.97 Å². The molecule has 16 heavy (non-hydrogen) atoms. The van der Waals surface area contributed by atoms with Gasteiger partial charge in [0.15, 0.2) is 4.34 Å². The SMILES string of the molecule is CCOC(=O)c1nnc(SC(C)C(C)C)s1. The van der Waals surface area contributed by atoms with Crippen LogP contribution in [0.25, 0.3) is 0 Å². The number of hydrogen-bond donors (Lipinski definition) is 0. The third kappa shape index (κ3) is 3.75. The van der Waals surface area contributed by atoms with Crippen LogP contribution in [0, 0.1) is 5.92 Å². The number of thioether (sulfide) groups is 1. The molecular weight excluding hydrogens is 244 g/mol. The Labute approximate surface area is 104 Å². The van der Waals surface area contributed by atoms with Gasteiger partial charge in [0.25, 0.3) is 0 Å². The van der Waals surface area contributed by atoms with E-state index in [0.717, 1.165) is 4.34 Å². The van der Waals surface area contributed by atoms with Crippen molar-refractivity contribution in [3.05, 3.63) is 5.01 Å². The Bertz CT molecular complexity index is 352. The number of rotatable bonds is 5. The highest BCUT2D eigenvalue weighted by atomic mass is 32.2. The molecule has 0 saturated heterocycles. The standard InChI is InChI=1S/C10H16N2O2S2/c1-5-14-9(13)8-11-12-10(16-8)15-7(4)6(2)3/h6-7H,5H2,1-4H3. The molecule has 1 unspecified atom stereocenters. The maximum atomic E-state index is 11.4. The van der Waals surface area contributed by atoms with Crippen molar-refractivity contribution in [1.29, 1.82) is 0 Å². The van der Waals surface area contributed by atoms with Crippen LogP contribution in [0.3, 0.4) is 0 Å². The van der Waals surface area contributed by atoms with Crippen LogP contribution in [0.15, 0.2) is 4.34 Å². The molecule has 90 valence electrons. The molecule has 1 rings (SSSR count). The van der Waals surface area contributed by atoms with E-state index in [4.69, 9.17) is 4.74 Å². The van der Waals surface area contributed by atoms with Crippen molar-refractivity contribution in [1.82, 2.24) is 10.2 Å². The Morgan fingerprint density at radius 3 is 2.69 bits per heavy atom. The van der Waals surface area contributed by atoms with Crippen LogP contribution >= 0.6 is 23.1 Å². The van der Waals surface area contributed by atoms with Crippen molar-refractivity contribution in [2.45, 2.75) is 37.3 Å². The Morgan fingerprint density at radius 2 is 2.12 bits per heavy atom. The Balaban J connectivity index is 2.61. The summed E-state index contributed by atoms with van der Waals surface area (Å²) >= 11 is 2.94. The van der Waals surface area contributed by atoms with Crippen LogP contribution < -0.4 is 0 Å². The fourth-order valence-electron chi connectivity index (χ4n) is 0.828. The maximum Gasteiger partial charge on any atom is 0.369 e. The molecule has 0 bridgehead atoms. The Kier molecular flexibility index (Phi) is 5.21. The van der Waals surface area contributed by atoms with Gasteiger partial charge in [-0.2, -0.15) is 0 Å². The van der Waals surface area contributed by atoms with Gasteiger partial charge in [-0.25, -0.2) is 4.79 Å². The van der Waals surface area contributed by atoms with Crippen LogP contribution in [0.2, 0.25) is 0 Å². The first-order chi connectivity index (χ1) is 7.54. The van der Waals surface area contributed by atoms with Crippen molar-refractivity contribution in [2.75, 3.05) is 6.61 Å². The van der Waals surface area contributed by atoms with Gasteiger partial charge in [-0.15, -0.1) is 10.2 Å². The number of esters is 1. The maximum absolute atomic E-state index is 11.4. The molecule has 0 amide bonds. The van der Waals surface area contributed by atoms with Crippen molar-refractivity contribution in [2.24, 2.45) is 5.92 Å². The monoisotopic (exact) mass is 260 g/mol. The third-order valence-electron chi connectivity index (χ3n) is 2.08. The predicted molar refractivity (Wildman–Crippen MR) is 66.0 cm³/mol. The highest BCUT2D eigenvalue weighted by Crippen LogP contribution is 2.30. The summed E-state index contributed by atoms with van der Waals surface area (Å²) in [5.41, 5.74) is 0. The normalized spacial score (nSPS) is 12.8. The highest BCUT2D eigenvalue weighted by Gasteiger charge is 2.16. The minimum atomic E-state index is -0.385. The zero-order chi connectivity index (χ0) is 12.1. The molecule has 1 atom stereocenters. The molecule has 0 radical (unpaired) electrons. The highest BCUT2D eigenvalue weighted by molar-refractivity contribution is 8.01. The fourth-order valence-corrected chi connectivity index (χ4v) is 2.86. The van der Waals surface area contributed by atoms with E-state index >= 15 is 0 Å². The van der Waals surface area contributed by atoms with Crippen molar-refractivity contribution in [3.63, 3.8) is 0 Å². The quantitative estimate of drug-likeness (QED) is 0.602. The number of aromatic nitrogens is 2. The summed E-state index contributed by atoms with van der Waals surface area (Å²) in [6.07, 6.45) is 0. The van der Waals surface area contributed by atoms with E-state index in [2.05, 4.69) is 31.0 Å². The second-order valence-corrected chi connectivity index (χ2v) is 6.26. The average molecular weight is 260 g/mol. The summed E-state index contributed by atoms with van der Waals surface area (Å²) in [6, 6.07) is 0. The molecule has 0 aliphatic heterocycles. The lowest BCUT2D eigenvalue weighted by Gasteiger charge is -2.11. The lowest BCUT2D eigenvalue weighted by molar-refractivity contribution is 0.0525. The van der Waals surface area contributed by atoms with E-state index in [1.807, 2.05) is 0 Å². The van der Waals surface area contributed by atoms with E-state index in [0.29, 0.717) is 22.8 Å². The molecule has 1 heterocycles. The summed E-state index contributed by atoms with van der Waals surface area (Å²) in [4.78, 5) is 11.4. The van der Waals surface area contributed by atoms with Crippen molar-refractivity contribution >= 4 is 29.1 Å². The minimum absolute atomic E-state index is 0.334. The van der Waals surface area contributed by atoms with Gasteiger partial charge in [-0.05, 0) is 12.8 Å². The topological polar surface area (TPSA) is 52.1 Å². The first-order valence-corrected chi connectivity index (χ1v) is 6.91. The van der Waals surface area contributed by atoms with E-state index < -0.39 is 0 Å². The van der Waals surface area contributed by atoms with Gasteiger partial charge < -0.3 is 4.74 Å². The number of hydrogen-bond acceptors (Lipinski definition) is 6. The molecule has 1 aromatic heterocycles. The molecule has 1 aromatic rings. The molecule has 0 spiro atoms. The molecule has 0 aliphatic carbocycles. The fraction of sp³-hybridized carbons (Fsp3) is 0.700. The second-order valence-electron chi connectivity index (χ2n) is 3.66. The molecular formula is C10H16N2O2S2. The van der Waals surface area contributed by atoms with Gasteiger partial charge in [0.2, 0.25) is 5.01 Å². The van der Waals surface area contributed by atoms with E-state index in [1.165, 1.54) is 11.3 Å². The first-order valence-electron chi connectivity index (χ1n) is 5.21. The summed E-state index contributed by atoms with van der Waals surface area (Å²) < 4.78 is 5.68. The molecule has 0 aromatic carbocycles. The molecule has 4 nitrogen and oxygen atoms in total. The molecule has 0 saturated carbocycles. The van der Waals surface area contributed by atoms with Gasteiger partial charge in [0.1, 0.15) is 0 Å². The van der Waals surface area contributed by atoms with E-state index in [1.54, 1.807) is 18.7 Å². The summed E-state index contributed by atoms with van der Waals surface area (Å²) in [5.74, 6) is 0.184. The number of carbonyl (C=O) groups is 1. The molecule has 0 fully saturated rings. The van der Waals surface area contributed by atoms with Crippen LogP contribution in [0.1, 0.15) is 37.5 Å². The molecule has 0 N–H and O–H groups in total.